The van der Waals surface area contributed by atoms with Crippen LogP contribution in [0, 0.1) is 26.6 Å². The molecule has 2 aromatic rings. The summed E-state index contributed by atoms with van der Waals surface area (Å²) in [6.07, 6.45) is -0.151. The highest BCUT2D eigenvalue weighted by Gasteiger charge is 2.14. The van der Waals surface area contributed by atoms with Crippen LogP contribution in [0.4, 0.5) is 4.39 Å². The first kappa shape index (κ1) is 13.2. The molecular formula is C14H16FNOS. The number of halogens is 1. The molecule has 0 aliphatic heterocycles. The summed E-state index contributed by atoms with van der Waals surface area (Å²) in [6.45, 7) is 5.79. The van der Waals surface area contributed by atoms with Crippen LogP contribution in [0.15, 0.2) is 18.2 Å². The van der Waals surface area contributed by atoms with Crippen molar-refractivity contribution in [3.63, 3.8) is 0 Å². The van der Waals surface area contributed by atoms with Crippen LogP contribution in [0.2, 0.25) is 0 Å². The molecule has 1 atom stereocenters. The summed E-state index contributed by atoms with van der Waals surface area (Å²) in [6, 6.07) is 4.46. The van der Waals surface area contributed by atoms with Crippen LogP contribution in [0.1, 0.15) is 32.8 Å². The normalized spacial score (nSPS) is 12.7. The number of nitrogens with zero attached hydrogens (tertiary/aromatic N) is 1. The van der Waals surface area contributed by atoms with Crippen molar-refractivity contribution in [2.24, 2.45) is 0 Å². The SMILES string of the molecule is Cc1cc(F)ccc1C(O)Cc1nc(C)c(C)s1. The number of aryl methyl sites for hydroxylation is 3. The third kappa shape index (κ3) is 2.76. The lowest BCUT2D eigenvalue weighted by Crippen LogP contribution is -2.04. The van der Waals surface area contributed by atoms with Crippen LogP contribution >= 0.6 is 11.3 Å². The second-order valence-electron chi connectivity index (χ2n) is 4.47. The molecule has 0 aliphatic rings. The van der Waals surface area contributed by atoms with Crippen molar-refractivity contribution >= 4 is 11.3 Å². The molecule has 0 bridgehead atoms. The van der Waals surface area contributed by atoms with Crippen LogP contribution in [-0.4, -0.2) is 10.1 Å². The Labute approximate surface area is 110 Å². The van der Waals surface area contributed by atoms with Gasteiger partial charge in [-0.15, -0.1) is 11.3 Å². The van der Waals surface area contributed by atoms with E-state index in [9.17, 15) is 9.50 Å². The predicted molar refractivity (Wildman–Crippen MR) is 71.4 cm³/mol. The highest BCUT2D eigenvalue weighted by atomic mass is 32.1. The van der Waals surface area contributed by atoms with E-state index in [0.717, 1.165) is 21.8 Å². The summed E-state index contributed by atoms with van der Waals surface area (Å²) >= 11 is 1.60. The zero-order valence-electron chi connectivity index (χ0n) is 10.7. The Morgan fingerprint density at radius 2 is 2.06 bits per heavy atom. The molecule has 0 spiro atoms. The van der Waals surface area contributed by atoms with Gasteiger partial charge < -0.3 is 5.11 Å². The Bertz CT molecular complexity index is 545. The number of aliphatic hydroxyl groups excluding tert-OH is 1. The molecule has 0 amide bonds. The number of benzene rings is 1. The molecule has 1 N–H and O–H groups in total. The van der Waals surface area contributed by atoms with Crippen LogP contribution in [-0.2, 0) is 6.42 Å². The van der Waals surface area contributed by atoms with Crippen molar-refractivity contribution in [3.05, 3.63) is 50.7 Å². The fraction of sp³-hybridized carbons (Fsp3) is 0.357. The molecular weight excluding hydrogens is 249 g/mol. The van der Waals surface area contributed by atoms with Gasteiger partial charge in [0, 0.05) is 11.3 Å². The predicted octanol–water partition coefficient (Wildman–Crippen LogP) is 3.48. The minimum Gasteiger partial charge on any atom is -0.388 e. The summed E-state index contributed by atoms with van der Waals surface area (Å²) < 4.78 is 13.0. The van der Waals surface area contributed by atoms with Gasteiger partial charge in [-0.05, 0) is 44.0 Å². The molecule has 4 heteroatoms. The smallest absolute Gasteiger partial charge is 0.123 e. The largest absolute Gasteiger partial charge is 0.388 e. The average molecular weight is 265 g/mol. The van der Waals surface area contributed by atoms with Crippen LogP contribution < -0.4 is 0 Å². The van der Waals surface area contributed by atoms with Crippen molar-refractivity contribution in [1.29, 1.82) is 0 Å². The fourth-order valence-electron chi connectivity index (χ4n) is 1.91. The number of hydrogen-bond donors (Lipinski definition) is 1. The molecule has 0 saturated carbocycles. The highest BCUT2D eigenvalue weighted by Crippen LogP contribution is 2.25. The van der Waals surface area contributed by atoms with Crippen molar-refractivity contribution in [2.75, 3.05) is 0 Å². The number of rotatable bonds is 3. The van der Waals surface area contributed by atoms with E-state index in [4.69, 9.17) is 0 Å². The van der Waals surface area contributed by atoms with E-state index in [1.807, 2.05) is 13.8 Å². The molecule has 2 rings (SSSR count). The molecule has 1 unspecified atom stereocenters. The maximum atomic E-state index is 13.0. The Balaban J connectivity index is 2.19. The quantitative estimate of drug-likeness (QED) is 0.921. The lowest BCUT2D eigenvalue weighted by atomic mass is 10.0. The van der Waals surface area contributed by atoms with Crippen molar-refractivity contribution in [2.45, 2.75) is 33.3 Å². The Hall–Kier alpha value is -1.26. The van der Waals surface area contributed by atoms with Gasteiger partial charge in [0.25, 0.3) is 0 Å². The maximum Gasteiger partial charge on any atom is 0.123 e. The molecule has 0 saturated heterocycles. The summed E-state index contributed by atoms with van der Waals surface area (Å²) in [4.78, 5) is 5.58. The number of aliphatic hydroxyl groups is 1. The first-order chi connectivity index (χ1) is 8.47. The zero-order valence-corrected chi connectivity index (χ0v) is 11.5. The van der Waals surface area contributed by atoms with E-state index < -0.39 is 6.10 Å². The van der Waals surface area contributed by atoms with Gasteiger partial charge in [0.2, 0.25) is 0 Å². The monoisotopic (exact) mass is 265 g/mol. The molecule has 18 heavy (non-hydrogen) atoms. The van der Waals surface area contributed by atoms with E-state index in [2.05, 4.69) is 4.98 Å². The third-order valence-corrected chi connectivity index (χ3v) is 4.13. The summed E-state index contributed by atoms with van der Waals surface area (Å²) in [7, 11) is 0. The third-order valence-electron chi connectivity index (χ3n) is 3.03. The van der Waals surface area contributed by atoms with Crippen LogP contribution in [0.5, 0.6) is 0 Å². The van der Waals surface area contributed by atoms with Gasteiger partial charge >= 0.3 is 0 Å². The number of aromatic nitrogens is 1. The fourth-order valence-corrected chi connectivity index (χ4v) is 2.89. The molecule has 0 aliphatic carbocycles. The topological polar surface area (TPSA) is 33.1 Å². The molecule has 1 aromatic heterocycles. The van der Waals surface area contributed by atoms with Crippen molar-refractivity contribution < 1.29 is 9.50 Å². The second-order valence-corrected chi connectivity index (χ2v) is 5.76. The molecule has 1 aromatic carbocycles. The lowest BCUT2D eigenvalue weighted by molar-refractivity contribution is 0.177. The minimum atomic E-state index is -0.629. The van der Waals surface area contributed by atoms with Gasteiger partial charge in [0.15, 0.2) is 0 Å². The van der Waals surface area contributed by atoms with Gasteiger partial charge in [0.1, 0.15) is 5.82 Å². The van der Waals surface area contributed by atoms with Crippen molar-refractivity contribution in [1.82, 2.24) is 4.98 Å². The summed E-state index contributed by atoms with van der Waals surface area (Å²) in [5, 5.41) is 11.1. The van der Waals surface area contributed by atoms with Gasteiger partial charge in [-0.2, -0.15) is 0 Å². The molecule has 2 nitrogen and oxygen atoms in total. The first-order valence-corrected chi connectivity index (χ1v) is 6.66. The molecule has 96 valence electrons. The van der Waals surface area contributed by atoms with E-state index in [1.54, 1.807) is 24.3 Å². The summed E-state index contributed by atoms with van der Waals surface area (Å²) in [5.41, 5.74) is 2.55. The lowest BCUT2D eigenvalue weighted by Gasteiger charge is -2.12. The zero-order chi connectivity index (χ0) is 13.3. The van der Waals surface area contributed by atoms with Crippen molar-refractivity contribution in [3.8, 4) is 0 Å². The summed E-state index contributed by atoms with van der Waals surface area (Å²) in [5.74, 6) is -0.274. The van der Waals surface area contributed by atoms with E-state index in [0.29, 0.717) is 6.42 Å². The molecule has 1 heterocycles. The van der Waals surface area contributed by atoms with E-state index in [-0.39, 0.29) is 5.82 Å². The Morgan fingerprint density at radius 3 is 2.61 bits per heavy atom. The van der Waals surface area contributed by atoms with Gasteiger partial charge in [-0.3, -0.25) is 0 Å². The number of hydrogen-bond acceptors (Lipinski definition) is 3. The molecule has 0 fully saturated rings. The van der Waals surface area contributed by atoms with Gasteiger partial charge in [-0.1, -0.05) is 6.07 Å². The standard InChI is InChI=1S/C14H16FNOS/c1-8-6-11(15)4-5-12(8)13(17)7-14-16-9(2)10(3)18-14/h4-6,13,17H,7H2,1-3H3. The Kier molecular flexibility index (Phi) is 3.78. The van der Waals surface area contributed by atoms with Crippen LogP contribution in [0.3, 0.4) is 0 Å². The molecule has 0 radical (unpaired) electrons. The van der Waals surface area contributed by atoms with Gasteiger partial charge in [-0.25, -0.2) is 9.37 Å². The van der Waals surface area contributed by atoms with E-state index >= 15 is 0 Å². The Morgan fingerprint density at radius 1 is 1.33 bits per heavy atom. The van der Waals surface area contributed by atoms with Crippen LogP contribution in [0.25, 0.3) is 0 Å². The van der Waals surface area contributed by atoms with E-state index in [1.165, 1.54) is 17.0 Å². The van der Waals surface area contributed by atoms with Gasteiger partial charge in [0.05, 0.1) is 16.8 Å². The minimum absolute atomic E-state index is 0.274. The highest BCUT2D eigenvalue weighted by molar-refractivity contribution is 7.11. The first-order valence-electron chi connectivity index (χ1n) is 5.84. The second kappa shape index (κ2) is 5.16. The number of thiazole rings is 1. The maximum absolute atomic E-state index is 13.0. The average Bonchev–Trinajstić information content (AvgIpc) is 2.57.